The minimum Gasteiger partial charge on any atom is -0.300 e. The lowest BCUT2D eigenvalue weighted by Gasteiger charge is -2.19. The lowest BCUT2D eigenvalue weighted by atomic mass is 9.96. The Kier molecular flexibility index (Phi) is 7.82. The summed E-state index contributed by atoms with van der Waals surface area (Å²) >= 11 is 0. The largest absolute Gasteiger partial charge is 0.416 e. The van der Waals surface area contributed by atoms with E-state index in [4.69, 9.17) is 0 Å². The van der Waals surface area contributed by atoms with Crippen molar-refractivity contribution in [1.82, 2.24) is 4.90 Å². The minimum atomic E-state index is -4.60. The van der Waals surface area contributed by atoms with Crippen LogP contribution in [-0.4, -0.2) is 32.4 Å². The number of sulfonamides is 1. The van der Waals surface area contributed by atoms with E-state index in [1.807, 2.05) is 12.1 Å². The van der Waals surface area contributed by atoms with Crippen LogP contribution in [0.25, 0.3) is 0 Å². The Morgan fingerprint density at radius 1 is 1.13 bits per heavy atom. The average molecular weight is 463 g/mol. The molecular weight excluding hydrogens is 437 g/mol. The lowest BCUT2D eigenvalue weighted by molar-refractivity contribution is -0.137. The van der Waals surface area contributed by atoms with Crippen molar-refractivity contribution in [1.29, 1.82) is 0 Å². The van der Waals surface area contributed by atoms with Gasteiger partial charge in [-0.1, -0.05) is 25.1 Å². The van der Waals surface area contributed by atoms with E-state index in [1.165, 1.54) is 0 Å². The maximum absolute atomic E-state index is 12.9. The van der Waals surface area contributed by atoms with Gasteiger partial charge in [0, 0.05) is 18.3 Å². The zero-order chi connectivity index (χ0) is 21.2. The fourth-order valence-corrected chi connectivity index (χ4v) is 4.92. The van der Waals surface area contributed by atoms with Gasteiger partial charge in [0.2, 0.25) is 0 Å². The van der Waals surface area contributed by atoms with Crippen molar-refractivity contribution in [2.24, 2.45) is 0 Å². The minimum absolute atomic E-state index is 0. The molecule has 1 saturated heterocycles. The van der Waals surface area contributed by atoms with Crippen LogP contribution in [0, 0.1) is 0 Å². The molecule has 0 amide bonds. The molecule has 30 heavy (non-hydrogen) atoms. The Balaban J connectivity index is 0.00000320. The molecule has 1 aliphatic heterocycles. The van der Waals surface area contributed by atoms with Crippen LogP contribution in [-0.2, 0) is 16.2 Å². The maximum Gasteiger partial charge on any atom is 0.416 e. The first-order valence-electron chi connectivity index (χ1n) is 9.64. The number of hydrogen-bond donors (Lipinski definition) is 1. The monoisotopic (exact) mass is 462 g/mol. The number of likely N-dealkylation sites (tertiary alicyclic amines) is 1. The van der Waals surface area contributed by atoms with Crippen molar-refractivity contribution in [3.8, 4) is 0 Å². The molecule has 1 N–H and O–H groups in total. The van der Waals surface area contributed by atoms with Gasteiger partial charge in [-0.2, -0.15) is 13.2 Å². The molecule has 0 spiro atoms. The number of anilines is 1. The predicted molar refractivity (Wildman–Crippen MR) is 115 cm³/mol. The molecule has 1 fully saturated rings. The van der Waals surface area contributed by atoms with Gasteiger partial charge < -0.3 is 4.90 Å². The van der Waals surface area contributed by atoms with E-state index in [-0.39, 0.29) is 12.4 Å². The van der Waals surface area contributed by atoms with Gasteiger partial charge in [0.25, 0.3) is 10.0 Å². The molecule has 0 saturated carbocycles. The molecule has 9 heteroatoms. The summed E-state index contributed by atoms with van der Waals surface area (Å²) in [7, 11) is -4.11. The smallest absolute Gasteiger partial charge is 0.300 e. The van der Waals surface area contributed by atoms with E-state index in [9.17, 15) is 21.6 Å². The SMILES string of the molecule is CCCN1C[C@H](c2ccc(NS(=O)(=O)c3cccc(C(F)(F)F)c3)cc2)C[C@H]1C.Cl. The normalized spacial score (nSPS) is 20.0. The Morgan fingerprint density at radius 3 is 2.40 bits per heavy atom. The molecule has 2 atom stereocenters. The summed E-state index contributed by atoms with van der Waals surface area (Å²) in [5, 5.41) is 0. The number of rotatable bonds is 6. The van der Waals surface area contributed by atoms with Gasteiger partial charge in [-0.05, 0) is 68.1 Å². The van der Waals surface area contributed by atoms with Gasteiger partial charge in [0.1, 0.15) is 0 Å². The van der Waals surface area contributed by atoms with Crippen molar-refractivity contribution in [3.05, 3.63) is 59.7 Å². The summed E-state index contributed by atoms with van der Waals surface area (Å²) in [5.74, 6) is 0.394. The highest BCUT2D eigenvalue weighted by molar-refractivity contribution is 7.92. The summed E-state index contributed by atoms with van der Waals surface area (Å²) in [6, 6.07) is 11.3. The number of benzene rings is 2. The molecule has 0 radical (unpaired) electrons. The number of alkyl halides is 3. The molecule has 2 aromatic rings. The molecule has 2 aromatic carbocycles. The topological polar surface area (TPSA) is 49.4 Å². The summed E-state index contributed by atoms with van der Waals surface area (Å²) in [4.78, 5) is 2.03. The zero-order valence-electron chi connectivity index (χ0n) is 16.8. The number of nitrogens with one attached hydrogen (secondary N) is 1. The molecule has 3 rings (SSSR count). The molecule has 1 aliphatic rings. The number of nitrogens with zero attached hydrogens (tertiary/aromatic N) is 1. The number of hydrogen-bond acceptors (Lipinski definition) is 3. The van der Waals surface area contributed by atoms with Gasteiger partial charge in [0.15, 0.2) is 0 Å². The van der Waals surface area contributed by atoms with E-state index < -0.39 is 26.7 Å². The van der Waals surface area contributed by atoms with Crippen molar-refractivity contribution < 1.29 is 21.6 Å². The zero-order valence-corrected chi connectivity index (χ0v) is 18.4. The molecule has 0 aliphatic carbocycles. The maximum atomic E-state index is 12.9. The van der Waals surface area contributed by atoms with Crippen LogP contribution in [0.1, 0.15) is 43.7 Å². The van der Waals surface area contributed by atoms with Crippen LogP contribution >= 0.6 is 12.4 Å². The first-order chi connectivity index (χ1) is 13.6. The highest BCUT2D eigenvalue weighted by Gasteiger charge is 2.32. The van der Waals surface area contributed by atoms with Crippen LogP contribution < -0.4 is 4.72 Å². The average Bonchev–Trinajstić information content (AvgIpc) is 3.02. The fourth-order valence-electron chi connectivity index (χ4n) is 3.82. The summed E-state index contributed by atoms with van der Waals surface area (Å²) in [5.41, 5.74) is 0.461. The van der Waals surface area contributed by atoms with Gasteiger partial charge in [-0.15, -0.1) is 12.4 Å². The molecule has 0 bridgehead atoms. The van der Waals surface area contributed by atoms with Gasteiger partial charge in [-0.3, -0.25) is 4.72 Å². The third-order valence-corrected chi connectivity index (χ3v) is 6.70. The third kappa shape index (κ3) is 5.68. The van der Waals surface area contributed by atoms with Crippen molar-refractivity contribution in [3.63, 3.8) is 0 Å². The quantitative estimate of drug-likeness (QED) is 0.615. The molecular formula is C21H26ClF3N2O2S. The third-order valence-electron chi connectivity index (χ3n) is 5.32. The fraction of sp³-hybridized carbons (Fsp3) is 0.429. The Labute approximate surface area is 181 Å². The van der Waals surface area contributed by atoms with E-state index in [2.05, 4.69) is 23.5 Å². The second-order valence-electron chi connectivity index (χ2n) is 7.53. The Morgan fingerprint density at radius 2 is 1.80 bits per heavy atom. The Hall–Kier alpha value is -1.77. The molecule has 166 valence electrons. The summed E-state index contributed by atoms with van der Waals surface area (Å²) in [6.45, 7) is 6.41. The molecule has 0 unspecified atom stereocenters. The molecule has 0 aromatic heterocycles. The second kappa shape index (κ2) is 9.58. The van der Waals surface area contributed by atoms with Gasteiger partial charge in [0.05, 0.1) is 10.5 Å². The van der Waals surface area contributed by atoms with Crippen molar-refractivity contribution in [2.45, 2.75) is 49.7 Å². The van der Waals surface area contributed by atoms with Crippen molar-refractivity contribution >= 4 is 28.1 Å². The van der Waals surface area contributed by atoms with Crippen LogP contribution in [0.3, 0.4) is 0 Å². The van der Waals surface area contributed by atoms with E-state index in [0.29, 0.717) is 23.7 Å². The van der Waals surface area contributed by atoms with Gasteiger partial charge >= 0.3 is 6.18 Å². The number of halogens is 4. The summed E-state index contributed by atoms with van der Waals surface area (Å²) in [6.07, 6.45) is -2.44. The first kappa shape index (κ1) is 24.5. The van der Waals surface area contributed by atoms with Crippen molar-refractivity contribution in [2.75, 3.05) is 17.8 Å². The molecule has 4 nitrogen and oxygen atoms in total. The first-order valence-corrected chi connectivity index (χ1v) is 11.1. The van der Waals surface area contributed by atoms with Crippen LogP contribution in [0.15, 0.2) is 53.4 Å². The van der Waals surface area contributed by atoms with Gasteiger partial charge in [-0.25, -0.2) is 8.42 Å². The highest BCUT2D eigenvalue weighted by Crippen LogP contribution is 2.33. The summed E-state index contributed by atoms with van der Waals surface area (Å²) < 4.78 is 65.9. The molecule has 1 heterocycles. The van der Waals surface area contributed by atoms with Crippen LogP contribution in [0.5, 0.6) is 0 Å². The second-order valence-corrected chi connectivity index (χ2v) is 9.21. The lowest BCUT2D eigenvalue weighted by Crippen LogP contribution is -2.27. The van der Waals surface area contributed by atoms with E-state index in [1.54, 1.807) is 12.1 Å². The van der Waals surface area contributed by atoms with E-state index in [0.717, 1.165) is 49.7 Å². The highest BCUT2D eigenvalue weighted by atomic mass is 35.5. The Bertz CT molecular complexity index is 949. The van der Waals surface area contributed by atoms with Crippen LogP contribution in [0.4, 0.5) is 18.9 Å². The van der Waals surface area contributed by atoms with Crippen LogP contribution in [0.2, 0.25) is 0 Å². The predicted octanol–water partition coefficient (Wildman–Crippen LogP) is 5.52. The van der Waals surface area contributed by atoms with E-state index >= 15 is 0 Å². The standard InChI is InChI=1S/C21H25F3N2O2S.ClH/c1-3-11-26-14-17(12-15(26)2)16-7-9-19(10-8-16)25-29(27,28)20-6-4-5-18(13-20)21(22,23)24;/h4-10,13,15,17,25H,3,11-12,14H2,1-2H3;1H/t15-,17-;/m1./s1.